The van der Waals surface area contributed by atoms with Crippen LogP contribution in [0.25, 0.3) is 0 Å². The molecule has 0 spiro atoms. The summed E-state index contributed by atoms with van der Waals surface area (Å²) in [6.07, 6.45) is 1.49. The van der Waals surface area contributed by atoms with E-state index in [1.807, 2.05) is 6.07 Å². The number of nitriles is 1. The van der Waals surface area contributed by atoms with Crippen molar-refractivity contribution in [2.24, 2.45) is 0 Å². The molecule has 1 aromatic carbocycles. The number of nitro groups is 1. The SMILES string of the molecule is N#Cc1cc(COc2cc([N+](=O)[O-])ccc2Cl)ccn1. The standard InChI is InChI=1S/C13H8ClN3O3/c14-12-2-1-11(17(18)19)6-13(12)20-8-9-3-4-16-10(5-9)7-15/h1-6H,8H2. The second-order valence-corrected chi connectivity index (χ2v) is 4.23. The summed E-state index contributed by atoms with van der Waals surface area (Å²) in [5.41, 5.74) is 0.896. The fraction of sp³-hybridized carbons (Fsp3) is 0.0769. The van der Waals surface area contributed by atoms with Crippen molar-refractivity contribution in [3.63, 3.8) is 0 Å². The van der Waals surface area contributed by atoms with Gasteiger partial charge in [-0.05, 0) is 23.8 Å². The highest BCUT2D eigenvalue weighted by molar-refractivity contribution is 6.32. The van der Waals surface area contributed by atoms with Gasteiger partial charge in [0.2, 0.25) is 0 Å². The van der Waals surface area contributed by atoms with Crippen LogP contribution in [0.5, 0.6) is 5.75 Å². The van der Waals surface area contributed by atoms with E-state index in [1.165, 1.54) is 24.4 Å². The van der Waals surface area contributed by atoms with Crippen LogP contribution in [0.1, 0.15) is 11.3 Å². The molecule has 7 heteroatoms. The molecule has 0 atom stereocenters. The predicted molar refractivity (Wildman–Crippen MR) is 71.4 cm³/mol. The quantitative estimate of drug-likeness (QED) is 0.637. The summed E-state index contributed by atoms with van der Waals surface area (Å²) in [5.74, 6) is 0.219. The van der Waals surface area contributed by atoms with Crippen molar-refractivity contribution >= 4 is 17.3 Å². The minimum Gasteiger partial charge on any atom is -0.487 e. The number of rotatable bonds is 4. The fourth-order valence-corrected chi connectivity index (χ4v) is 1.67. The van der Waals surface area contributed by atoms with E-state index >= 15 is 0 Å². The van der Waals surface area contributed by atoms with E-state index in [4.69, 9.17) is 21.6 Å². The van der Waals surface area contributed by atoms with Gasteiger partial charge in [0, 0.05) is 12.3 Å². The number of nitro benzene ring substituents is 1. The van der Waals surface area contributed by atoms with E-state index in [9.17, 15) is 10.1 Å². The van der Waals surface area contributed by atoms with Crippen LogP contribution in [0, 0.1) is 21.4 Å². The molecule has 0 fully saturated rings. The highest BCUT2D eigenvalue weighted by Crippen LogP contribution is 2.29. The minimum absolute atomic E-state index is 0.100. The van der Waals surface area contributed by atoms with Gasteiger partial charge in [-0.2, -0.15) is 5.26 Å². The van der Waals surface area contributed by atoms with Crippen LogP contribution in [0.3, 0.4) is 0 Å². The molecule has 0 unspecified atom stereocenters. The van der Waals surface area contributed by atoms with Crippen molar-refractivity contribution in [3.8, 4) is 11.8 Å². The molecule has 1 heterocycles. The zero-order valence-corrected chi connectivity index (χ0v) is 10.9. The summed E-state index contributed by atoms with van der Waals surface area (Å²) >= 11 is 5.91. The molecule has 20 heavy (non-hydrogen) atoms. The van der Waals surface area contributed by atoms with E-state index in [2.05, 4.69) is 4.98 Å². The molecule has 0 amide bonds. The Kier molecular flexibility index (Phi) is 4.13. The molecule has 0 bridgehead atoms. The Balaban J connectivity index is 2.16. The molecule has 0 aliphatic heterocycles. The Morgan fingerprint density at radius 1 is 1.40 bits per heavy atom. The summed E-state index contributed by atoms with van der Waals surface area (Å²) in [6, 6.07) is 9.14. The Labute approximate surface area is 119 Å². The third kappa shape index (κ3) is 3.22. The van der Waals surface area contributed by atoms with Crippen LogP contribution < -0.4 is 4.74 Å². The van der Waals surface area contributed by atoms with Crippen LogP contribution in [0.2, 0.25) is 5.02 Å². The first-order valence-corrected chi connectivity index (χ1v) is 5.89. The van der Waals surface area contributed by atoms with Gasteiger partial charge in [-0.25, -0.2) is 4.98 Å². The molecular weight excluding hydrogens is 282 g/mol. The number of pyridine rings is 1. The largest absolute Gasteiger partial charge is 0.487 e. The van der Waals surface area contributed by atoms with Gasteiger partial charge in [-0.15, -0.1) is 0 Å². The molecule has 0 aliphatic carbocycles. The van der Waals surface area contributed by atoms with E-state index in [1.54, 1.807) is 12.1 Å². The molecular formula is C13H8ClN3O3. The maximum atomic E-state index is 10.7. The van der Waals surface area contributed by atoms with Gasteiger partial charge >= 0.3 is 0 Å². The second-order valence-electron chi connectivity index (χ2n) is 3.82. The Hall–Kier alpha value is -2.65. The Bertz CT molecular complexity index is 698. The highest BCUT2D eigenvalue weighted by Gasteiger charge is 2.11. The first-order chi connectivity index (χ1) is 9.60. The maximum Gasteiger partial charge on any atom is 0.273 e. The van der Waals surface area contributed by atoms with Gasteiger partial charge in [0.1, 0.15) is 24.1 Å². The molecule has 2 aromatic rings. The number of non-ortho nitro benzene ring substituents is 1. The molecule has 1 aromatic heterocycles. The van der Waals surface area contributed by atoms with Crippen molar-refractivity contribution < 1.29 is 9.66 Å². The van der Waals surface area contributed by atoms with Crippen LogP contribution >= 0.6 is 11.6 Å². The van der Waals surface area contributed by atoms with E-state index in [0.29, 0.717) is 0 Å². The maximum absolute atomic E-state index is 10.7. The van der Waals surface area contributed by atoms with Gasteiger partial charge in [0.25, 0.3) is 5.69 Å². The Morgan fingerprint density at radius 3 is 2.90 bits per heavy atom. The van der Waals surface area contributed by atoms with Gasteiger partial charge in [0.15, 0.2) is 0 Å². The molecule has 0 saturated carbocycles. The van der Waals surface area contributed by atoms with Crippen molar-refractivity contribution in [1.82, 2.24) is 4.98 Å². The van der Waals surface area contributed by atoms with Gasteiger partial charge in [-0.1, -0.05) is 11.6 Å². The van der Waals surface area contributed by atoms with Crippen molar-refractivity contribution in [2.45, 2.75) is 6.61 Å². The lowest BCUT2D eigenvalue weighted by Crippen LogP contribution is -1.98. The summed E-state index contributed by atoms with van der Waals surface area (Å²) in [7, 11) is 0. The number of ether oxygens (including phenoxy) is 1. The zero-order chi connectivity index (χ0) is 14.5. The van der Waals surface area contributed by atoms with Crippen molar-refractivity contribution in [1.29, 1.82) is 5.26 Å². The van der Waals surface area contributed by atoms with Gasteiger partial charge in [-0.3, -0.25) is 10.1 Å². The molecule has 0 saturated heterocycles. The summed E-state index contributed by atoms with van der Waals surface area (Å²) in [6.45, 7) is 0.137. The predicted octanol–water partition coefficient (Wildman–Crippen LogP) is 3.09. The fourth-order valence-electron chi connectivity index (χ4n) is 1.50. The first-order valence-electron chi connectivity index (χ1n) is 5.52. The van der Waals surface area contributed by atoms with E-state index in [0.717, 1.165) is 5.56 Å². The van der Waals surface area contributed by atoms with Crippen LogP contribution in [0.15, 0.2) is 36.5 Å². The lowest BCUT2D eigenvalue weighted by Gasteiger charge is -2.07. The third-order valence-electron chi connectivity index (χ3n) is 2.46. The average Bonchev–Trinajstić information content (AvgIpc) is 2.46. The van der Waals surface area contributed by atoms with Gasteiger partial charge < -0.3 is 4.74 Å². The smallest absolute Gasteiger partial charge is 0.273 e. The number of halogens is 1. The molecule has 0 aliphatic rings. The number of benzene rings is 1. The molecule has 0 N–H and O–H groups in total. The lowest BCUT2D eigenvalue weighted by molar-refractivity contribution is -0.384. The normalized spacial score (nSPS) is 9.80. The summed E-state index contributed by atoms with van der Waals surface area (Å²) in [5, 5.41) is 19.7. The summed E-state index contributed by atoms with van der Waals surface area (Å²) < 4.78 is 5.44. The zero-order valence-electron chi connectivity index (χ0n) is 10.1. The summed E-state index contributed by atoms with van der Waals surface area (Å²) in [4.78, 5) is 14.0. The topological polar surface area (TPSA) is 89.0 Å². The number of nitrogens with zero attached hydrogens (tertiary/aromatic N) is 3. The molecule has 6 nitrogen and oxygen atoms in total. The van der Waals surface area contributed by atoms with Crippen molar-refractivity contribution in [3.05, 3.63) is 62.9 Å². The lowest BCUT2D eigenvalue weighted by atomic mass is 10.2. The second kappa shape index (κ2) is 5.99. The van der Waals surface area contributed by atoms with Crippen molar-refractivity contribution in [2.75, 3.05) is 0 Å². The van der Waals surface area contributed by atoms with Crippen LogP contribution in [0.4, 0.5) is 5.69 Å². The van der Waals surface area contributed by atoms with Crippen LogP contribution in [-0.4, -0.2) is 9.91 Å². The number of hydrogen-bond acceptors (Lipinski definition) is 5. The highest BCUT2D eigenvalue weighted by atomic mass is 35.5. The average molecular weight is 290 g/mol. The van der Waals surface area contributed by atoms with E-state index in [-0.39, 0.29) is 28.8 Å². The third-order valence-corrected chi connectivity index (χ3v) is 2.77. The number of hydrogen-bond donors (Lipinski definition) is 0. The minimum atomic E-state index is -0.524. The molecule has 100 valence electrons. The number of aromatic nitrogens is 1. The monoisotopic (exact) mass is 289 g/mol. The molecule has 0 radical (unpaired) electrons. The first kappa shape index (κ1) is 13.8. The van der Waals surface area contributed by atoms with Gasteiger partial charge in [0.05, 0.1) is 16.0 Å². The Morgan fingerprint density at radius 2 is 2.20 bits per heavy atom. The van der Waals surface area contributed by atoms with Crippen LogP contribution in [-0.2, 0) is 6.61 Å². The van der Waals surface area contributed by atoms with E-state index < -0.39 is 4.92 Å². The molecule has 2 rings (SSSR count).